The average molecular weight is 360 g/mol. The van der Waals surface area contributed by atoms with Gasteiger partial charge in [0.1, 0.15) is 0 Å². The number of carbonyl (C=O) groups is 2. The molecule has 1 atom stereocenters. The number of halogens is 3. The van der Waals surface area contributed by atoms with Gasteiger partial charge in [-0.1, -0.05) is 30.3 Å². The third-order valence-electron chi connectivity index (χ3n) is 5.14. The molecule has 2 heterocycles. The number of fused-ring (bicyclic) bond motifs is 2. The van der Waals surface area contributed by atoms with Crippen LogP contribution in [0.3, 0.4) is 0 Å². The van der Waals surface area contributed by atoms with E-state index in [-0.39, 0.29) is 24.6 Å². The van der Waals surface area contributed by atoms with Gasteiger partial charge < -0.3 is 10.2 Å². The summed E-state index contributed by atoms with van der Waals surface area (Å²) in [5.41, 5.74) is -0.739. The van der Waals surface area contributed by atoms with Gasteiger partial charge in [0, 0.05) is 18.8 Å². The van der Waals surface area contributed by atoms with Crippen LogP contribution in [-0.4, -0.2) is 29.8 Å². The third kappa shape index (κ3) is 2.38. The summed E-state index contributed by atoms with van der Waals surface area (Å²) in [6.07, 6.45) is -4.23. The van der Waals surface area contributed by atoms with Crippen molar-refractivity contribution in [2.45, 2.75) is 18.0 Å². The van der Waals surface area contributed by atoms with Crippen molar-refractivity contribution in [1.29, 1.82) is 0 Å². The number of amides is 2. The van der Waals surface area contributed by atoms with Gasteiger partial charge in [0.05, 0.1) is 16.5 Å². The number of likely N-dealkylation sites (tertiary alicyclic amines) is 1. The molecule has 26 heavy (non-hydrogen) atoms. The van der Waals surface area contributed by atoms with Crippen molar-refractivity contribution in [2.24, 2.45) is 0 Å². The predicted octanol–water partition coefficient (Wildman–Crippen LogP) is 3.44. The number of nitrogens with one attached hydrogen (secondary N) is 1. The molecule has 2 amide bonds. The number of carbonyl (C=O) groups excluding carboxylic acids is 2. The monoisotopic (exact) mass is 360 g/mol. The molecule has 7 heteroatoms. The Morgan fingerprint density at radius 2 is 1.77 bits per heavy atom. The second-order valence-corrected chi connectivity index (χ2v) is 6.60. The lowest BCUT2D eigenvalue weighted by Crippen LogP contribution is -2.39. The molecule has 4 nitrogen and oxygen atoms in total. The minimum atomic E-state index is -4.61. The Hall–Kier alpha value is -2.83. The van der Waals surface area contributed by atoms with E-state index in [4.69, 9.17) is 0 Å². The highest BCUT2D eigenvalue weighted by Gasteiger charge is 2.52. The molecule has 134 valence electrons. The number of para-hydroxylation sites is 1. The van der Waals surface area contributed by atoms with E-state index in [1.807, 2.05) is 12.1 Å². The molecule has 2 aliphatic rings. The van der Waals surface area contributed by atoms with Gasteiger partial charge in [-0.2, -0.15) is 13.2 Å². The van der Waals surface area contributed by atoms with Crippen molar-refractivity contribution >= 4 is 17.5 Å². The first-order chi connectivity index (χ1) is 12.3. The van der Waals surface area contributed by atoms with Crippen LogP contribution in [-0.2, 0) is 16.4 Å². The van der Waals surface area contributed by atoms with E-state index in [0.717, 1.165) is 11.6 Å². The second kappa shape index (κ2) is 5.59. The van der Waals surface area contributed by atoms with Crippen molar-refractivity contribution in [1.82, 2.24) is 4.90 Å². The Labute approximate surface area is 147 Å². The lowest BCUT2D eigenvalue weighted by Gasteiger charge is -2.23. The largest absolute Gasteiger partial charge is 0.417 e. The summed E-state index contributed by atoms with van der Waals surface area (Å²) in [7, 11) is 0. The molecule has 0 bridgehead atoms. The van der Waals surface area contributed by atoms with Crippen molar-refractivity contribution in [3.05, 3.63) is 65.2 Å². The lowest BCUT2D eigenvalue weighted by molar-refractivity contribution is -0.138. The van der Waals surface area contributed by atoms with Gasteiger partial charge in [-0.3, -0.25) is 9.59 Å². The summed E-state index contributed by atoms with van der Waals surface area (Å²) >= 11 is 0. The molecular weight excluding hydrogens is 345 g/mol. The molecule has 4 rings (SSSR count). The second-order valence-electron chi connectivity index (χ2n) is 6.60. The zero-order chi connectivity index (χ0) is 18.5. The van der Waals surface area contributed by atoms with Gasteiger partial charge in [0.2, 0.25) is 5.91 Å². The Balaban J connectivity index is 1.67. The summed E-state index contributed by atoms with van der Waals surface area (Å²) in [5, 5.41) is 2.81. The van der Waals surface area contributed by atoms with E-state index in [2.05, 4.69) is 5.32 Å². The fraction of sp³-hybridized carbons (Fsp3) is 0.263. The Morgan fingerprint density at radius 1 is 1.08 bits per heavy atom. The van der Waals surface area contributed by atoms with Crippen LogP contribution in [0.2, 0.25) is 0 Å². The summed E-state index contributed by atoms with van der Waals surface area (Å²) < 4.78 is 39.6. The summed E-state index contributed by atoms with van der Waals surface area (Å²) in [4.78, 5) is 26.7. The highest BCUT2D eigenvalue weighted by molar-refractivity contribution is 6.07. The molecule has 1 saturated heterocycles. The van der Waals surface area contributed by atoms with Gasteiger partial charge in [-0.25, -0.2) is 0 Å². The van der Waals surface area contributed by atoms with Gasteiger partial charge in [-0.15, -0.1) is 0 Å². The van der Waals surface area contributed by atoms with Crippen LogP contribution in [0.1, 0.15) is 27.9 Å². The van der Waals surface area contributed by atoms with E-state index in [1.165, 1.54) is 23.1 Å². The standard InChI is InChI=1S/C19H15F3N2O2/c20-19(21,22)13-6-2-1-5-12(13)16(25)24-10-9-18(11-24)14-7-3-4-8-15(14)23-17(18)26/h1-8H,9-11H2,(H,23,26). The Kier molecular flexibility index (Phi) is 3.57. The molecule has 0 aliphatic carbocycles. The molecule has 2 aliphatic heterocycles. The maximum Gasteiger partial charge on any atom is 0.417 e. The number of nitrogens with zero attached hydrogens (tertiary/aromatic N) is 1. The minimum absolute atomic E-state index is 0.0703. The Bertz CT molecular complexity index is 910. The van der Waals surface area contributed by atoms with Crippen LogP contribution in [0.4, 0.5) is 18.9 Å². The quantitative estimate of drug-likeness (QED) is 0.847. The first-order valence-electron chi connectivity index (χ1n) is 8.19. The van der Waals surface area contributed by atoms with Gasteiger partial charge in [0.15, 0.2) is 0 Å². The van der Waals surface area contributed by atoms with E-state index in [1.54, 1.807) is 12.1 Å². The summed E-state index contributed by atoms with van der Waals surface area (Å²) in [6.45, 7) is 0.299. The Morgan fingerprint density at radius 3 is 2.54 bits per heavy atom. The van der Waals surface area contributed by atoms with Crippen molar-refractivity contribution in [3.8, 4) is 0 Å². The number of anilines is 1. The van der Waals surface area contributed by atoms with Crippen LogP contribution < -0.4 is 5.32 Å². The fourth-order valence-corrected chi connectivity index (χ4v) is 3.85. The van der Waals surface area contributed by atoms with Gasteiger partial charge in [-0.05, 0) is 30.2 Å². The summed E-state index contributed by atoms with van der Waals surface area (Å²) in [5.74, 6) is -0.912. The molecule has 2 aromatic rings. The first-order valence-corrected chi connectivity index (χ1v) is 8.19. The topological polar surface area (TPSA) is 49.4 Å². The molecule has 1 N–H and O–H groups in total. The SMILES string of the molecule is O=C(c1ccccc1C(F)(F)F)N1CCC2(C1)C(=O)Nc1ccccc12. The first kappa shape index (κ1) is 16.6. The highest BCUT2D eigenvalue weighted by atomic mass is 19.4. The fourth-order valence-electron chi connectivity index (χ4n) is 3.85. The van der Waals surface area contributed by atoms with E-state index >= 15 is 0 Å². The smallest absolute Gasteiger partial charge is 0.337 e. The van der Waals surface area contributed by atoms with Crippen LogP contribution in [0.5, 0.6) is 0 Å². The molecule has 1 unspecified atom stereocenters. The van der Waals surface area contributed by atoms with Crippen molar-refractivity contribution < 1.29 is 22.8 Å². The van der Waals surface area contributed by atoms with Crippen LogP contribution >= 0.6 is 0 Å². The molecule has 0 aromatic heterocycles. The van der Waals surface area contributed by atoms with Gasteiger partial charge >= 0.3 is 6.18 Å². The van der Waals surface area contributed by atoms with Crippen LogP contribution in [0.25, 0.3) is 0 Å². The number of rotatable bonds is 1. The lowest BCUT2D eigenvalue weighted by atomic mass is 9.81. The molecule has 1 spiro atoms. The molecular formula is C19H15F3N2O2. The number of alkyl halides is 3. The molecule has 0 radical (unpaired) electrons. The predicted molar refractivity (Wildman–Crippen MR) is 88.7 cm³/mol. The average Bonchev–Trinajstić information content (AvgIpc) is 3.18. The number of hydrogen-bond donors (Lipinski definition) is 1. The zero-order valence-electron chi connectivity index (χ0n) is 13.6. The van der Waals surface area contributed by atoms with E-state index in [0.29, 0.717) is 12.1 Å². The molecule has 0 saturated carbocycles. The molecule has 1 fully saturated rings. The van der Waals surface area contributed by atoms with E-state index in [9.17, 15) is 22.8 Å². The van der Waals surface area contributed by atoms with Crippen molar-refractivity contribution in [2.75, 3.05) is 18.4 Å². The van der Waals surface area contributed by atoms with Crippen molar-refractivity contribution in [3.63, 3.8) is 0 Å². The van der Waals surface area contributed by atoms with E-state index < -0.39 is 23.1 Å². The number of hydrogen-bond acceptors (Lipinski definition) is 2. The van der Waals surface area contributed by atoms with Crippen LogP contribution in [0.15, 0.2) is 48.5 Å². The van der Waals surface area contributed by atoms with Gasteiger partial charge in [0.25, 0.3) is 5.91 Å². The highest BCUT2D eigenvalue weighted by Crippen LogP contribution is 2.44. The maximum absolute atomic E-state index is 13.2. The normalized spacial score (nSPS) is 21.8. The molecule has 2 aromatic carbocycles. The third-order valence-corrected chi connectivity index (χ3v) is 5.14. The number of benzene rings is 2. The zero-order valence-corrected chi connectivity index (χ0v) is 13.6. The minimum Gasteiger partial charge on any atom is -0.337 e. The summed E-state index contributed by atoms with van der Waals surface area (Å²) in [6, 6.07) is 12.0. The van der Waals surface area contributed by atoms with Crippen LogP contribution in [0, 0.1) is 0 Å². The maximum atomic E-state index is 13.2.